The minimum atomic E-state index is -0.623. The number of fused-ring (bicyclic) bond motifs is 1. The van der Waals surface area contributed by atoms with Crippen molar-refractivity contribution in [2.45, 2.75) is 0 Å². The number of amides is 1. The molecule has 0 aliphatic carbocycles. The highest BCUT2D eigenvalue weighted by Crippen LogP contribution is 2.26. The van der Waals surface area contributed by atoms with Crippen LogP contribution in [0.1, 0.15) is 26.3 Å². The number of ether oxygens (including phenoxy) is 1. The van der Waals surface area contributed by atoms with E-state index in [1.807, 2.05) is 24.3 Å². The molecule has 0 radical (unpaired) electrons. The molecule has 164 valence electrons. The third-order valence-corrected chi connectivity index (χ3v) is 5.57. The Labute approximate surface area is 202 Å². The number of hydrazone groups is 1. The Hall–Kier alpha value is -3.68. The van der Waals surface area contributed by atoms with E-state index < -0.39 is 11.9 Å². The highest BCUT2D eigenvalue weighted by Gasteiger charge is 2.15. The van der Waals surface area contributed by atoms with Gasteiger partial charge in [-0.1, -0.05) is 63.9 Å². The van der Waals surface area contributed by atoms with Gasteiger partial charge >= 0.3 is 5.97 Å². The zero-order valence-electron chi connectivity index (χ0n) is 17.0. The average molecular weight is 524 g/mol. The smallest absolute Gasteiger partial charge is 0.345 e. The van der Waals surface area contributed by atoms with Crippen LogP contribution < -0.4 is 10.2 Å². The quantitative estimate of drug-likeness (QED) is 0.147. The standard InChI is InChI=1S/C25H16BrClN2O4/c26-18-9-10-23(33-25(32)19-7-3-4-8-21(19)27)17(11-18)14-28-29-24(31)20-12-15-5-1-2-6-16(15)13-22(20)30/h1-14,30H,(H,29,31)/b28-14+. The molecule has 6 nitrogen and oxygen atoms in total. The molecule has 8 heteroatoms. The SMILES string of the molecule is O=C(N/N=C/c1cc(Br)ccc1OC(=O)c1ccccc1Cl)c1cc2ccccc2cc1O. The third-order valence-electron chi connectivity index (χ3n) is 4.75. The van der Waals surface area contributed by atoms with Gasteiger partial charge in [0.1, 0.15) is 11.5 Å². The van der Waals surface area contributed by atoms with Gasteiger partial charge in [-0.25, -0.2) is 10.2 Å². The van der Waals surface area contributed by atoms with E-state index in [0.29, 0.717) is 5.56 Å². The molecule has 0 atom stereocenters. The van der Waals surface area contributed by atoms with Gasteiger partial charge in [0, 0.05) is 10.0 Å². The lowest BCUT2D eigenvalue weighted by Crippen LogP contribution is -2.18. The number of carbonyl (C=O) groups is 2. The first kappa shape index (κ1) is 22.5. The fraction of sp³-hybridized carbons (Fsp3) is 0. The van der Waals surface area contributed by atoms with Crippen LogP contribution in [0.3, 0.4) is 0 Å². The van der Waals surface area contributed by atoms with Crippen LogP contribution in [-0.2, 0) is 0 Å². The zero-order valence-corrected chi connectivity index (χ0v) is 19.3. The maximum Gasteiger partial charge on any atom is 0.345 e. The van der Waals surface area contributed by atoms with Crippen LogP contribution in [0.2, 0.25) is 5.02 Å². The highest BCUT2D eigenvalue weighted by atomic mass is 79.9. The summed E-state index contributed by atoms with van der Waals surface area (Å²) in [6.07, 6.45) is 1.34. The summed E-state index contributed by atoms with van der Waals surface area (Å²) in [5, 5.41) is 16.1. The number of nitrogens with zero attached hydrogens (tertiary/aromatic N) is 1. The first-order valence-electron chi connectivity index (χ1n) is 9.74. The van der Waals surface area contributed by atoms with E-state index in [1.165, 1.54) is 12.3 Å². The lowest BCUT2D eigenvalue weighted by Gasteiger charge is -2.09. The monoisotopic (exact) mass is 522 g/mol. The molecule has 0 fully saturated rings. The molecule has 33 heavy (non-hydrogen) atoms. The molecular formula is C25H16BrClN2O4. The van der Waals surface area contributed by atoms with E-state index in [9.17, 15) is 14.7 Å². The summed E-state index contributed by atoms with van der Waals surface area (Å²) in [7, 11) is 0. The van der Waals surface area contributed by atoms with Crippen LogP contribution in [0.15, 0.2) is 88.4 Å². The van der Waals surface area contributed by atoms with Crippen molar-refractivity contribution < 1.29 is 19.4 Å². The second-order valence-corrected chi connectivity index (χ2v) is 8.29. The maximum absolute atomic E-state index is 12.6. The van der Waals surface area contributed by atoms with Gasteiger partial charge in [0.05, 0.1) is 22.4 Å². The number of esters is 1. The summed E-state index contributed by atoms with van der Waals surface area (Å²) < 4.78 is 6.21. The van der Waals surface area contributed by atoms with E-state index in [0.717, 1.165) is 15.2 Å². The summed E-state index contributed by atoms with van der Waals surface area (Å²) >= 11 is 9.44. The Kier molecular flexibility index (Phi) is 6.72. The van der Waals surface area contributed by atoms with Crippen LogP contribution in [0, 0.1) is 0 Å². The minimum Gasteiger partial charge on any atom is -0.507 e. The number of hydrogen-bond acceptors (Lipinski definition) is 5. The predicted molar refractivity (Wildman–Crippen MR) is 131 cm³/mol. The average Bonchev–Trinajstić information content (AvgIpc) is 2.80. The summed E-state index contributed by atoms with van der Waals surface area (Å²) in [6.45, 7) is 0. The molecule has 0 aliphatic heterocycles. The second-order valence-electron chi connectivity index (χ2n) is 6.97. The van der Waals surface area contributed by atoms with Crippen LogP contribution in [0.4, 0.5) is 0 Å². The van der Waals surface area contributed by atoms with Gasteiger partial charge in [-0.2, -0.15) is 5.10 Å². The number of rotatable bonds is 5. The number of nitrogens with one attached hydrogen (secondary N) is 1. The van der Waals surface area contributed by atoms with E-state index in [4.69, 9.17) is 16.3 Å². The number of benzene rings is 4. The number of hydrogen-bond donors (Lipinski definition) is 2. The summed E-state index contributed by atoms with van der Waals surface area (Å²) in [5.41, 5.74) is 3.14. The summed E-state index contributed by atoms with van der Waals surface area (Å²) in [4.78, 5) is 25.1. The van der Waals surface area contributed by atoms with Crippen molar-refractivity contribution >= 4 is 56.4 Å². The fourth-order valence-electron chi connectivity index (χ4n) is 3.13. The van der Waals surface area contributed by atoms with Crippen LogP contribution >= 0.6 is 27.5 Å². The van der Waals surface area contributed by atoms with Crippen LogP contribution in [0.5, 0.6) is 11.5 Å². The van der Waals surface area contributed by atoms with Crippen molar-refractivity contribution in [2.24, 2.45) is 5.10 Å². The van der Waals surface area contributed by atoms with Gasteiger partial charge in [0.15, 0.2) is 0 Å². The zero-order chi connectivity index (χ0) is 23.4. The molecule has 4 aromatic carbocycles. The molecule has 4 rings (SSSR count). The number of phenols is 1. The molecule has 0 aliphatic rings. The van der Waals surface area contributed by atoms with Gasteiger partial charge < -0.3 is 9.84 Å². The Morgan fingerprint density at radius 1 is 0.939 bits per heavy atom. The number of phenolic OH excluding ortho intramolecular Hbond substituents is 1. The Morgan fingerprint density at radius 2 is 1.64 bits per heavy atom. The summed E-state index contributed by atoms with van der Waals surface area (Å²) in [5.74, 6) is -1.13. The van der Waals surface area contributed by atoms with E-state index in [2.05, 4.69) is 26.5 Å². The van der Waals surface area contributed by atoms with Crippen molar-refractivity contribution in [3.8, 4) is 11.5 Å². The highest BCUT2D eigenvalue weighted by molar-refractivity contribution is 9.10. The summed E-state index contributed by atoms with van der Waals surface area (Å²) in [6, 6.07) is 22.0. The van der Waals surface area contributed by atoms with Gasteiger partial charge in [-0.3, -0.25) is 4.79 Å². The molecule has 1 amide bonds. The Morgan fingerprint density at radius 3 is 2.39 bits per heavy atom. The van der Waals surface area contributed by atoms with Gasteiger partial charge in [-0.15, -0.1) is 0 Å². The predicted octanol–water partition coefficient (Wildman–Crippen LogP) is 5.94. The number of carbonyl (C=O) groups excluding carboxylic acids is 2. The van der Waals surface area contributed by atoms with Crippen LogP contribution in [-0.4, -0.2) is 23.2 Å². The number of aromatic hydroxyl groups is 1. The molecule has 0 unspecified atom stereocenters. The van der Waals surface area contributed by atoms with Crippen LogP contribution in [0.25, 0.3) is 10.8 Å². The maximum atomic E-state index is 12.6. The molecule has 0 aromatic heterocycles. The van der Waals surface area contributed by atoms with Crippen molar-refractivity contribution in [3.05, 3.63) is 105 Å². The lowest BCUT2D eigenvalue weighted by atomic mass is 10.1. The van der Waals surface area contributed by atoms with E-state index in [1.54, 1.807) is 48.5 Å². The first-order chi connectivity index (χ1) is 15.9. The van der Waals surface area contributed by atoms with Gasteiger partial charge in [0.25, 0.3) is 5.91 Å². The molecule has 2 N–H and O–H groups in total. The number of halogens is 2. The first-order valence-corrected chi connectivity index (χ1v) is 10.9. The van der Waals surface area contributed by atoms with Gasteiger partial charge in [-0.05, 0) is 53.2 Å². The molecular weight excluding hydrogens is 508 g/mol. The molecule has 0 bridgehead atoms. The van der Waals surface area contributed by atoms with Crippen molar-refractivity contribution in [1.29, 1.82) is 0 Å². The molecule has 0 spiro atoms. The van der Waals surface area contributed by atoms with E-state index in [-0.39, 0.29) is 27.6 Å². The fourth-order valence-corrected chi connectivity index (χ4v) is 3.72. The minimum absolute atomic E-state index is 0.0884. The molecule has 0 saturated heterocycles. The van der Waals surface area contributed by atoms with Crippen molar-refractivity contribution in [3.63, 3.8) is 0 Å². The van der Waals surface area contributed by atoms with Crippen molar-refractivity contribution in [2.75, 3.05) is 0 Å². The third kappa shape index (κ3) is 5.22. The topological polar surface area (TPSA) is 88.0 Å². The Bertz CT molecular complexity index is 1400. The molecule has 4 aromatic rings. The molecule has 0 heterocycles. The normalized spacial score (nSPS) is 11.0. The van der Waals surface area contributed by atoms with Crippen molar-refractivity contribution in [1.82, 2.24) is 5.43 Å². The van der Waals surface area contributed by atoms with E-state index >= 15 is 0 Å². The largest absolute Gasteiger partial charge is 0.507 e. The lowest BCUT2D eigenvalue weighted by molar-refractivity contribution is 0.0734. The van der Waals surface area contributed by atoms with Gasteiger partial charge in [0.2, 0.25) is 0 Å². The molecule has 0 saturated carbocycles. The Balaban J connectivity index is 1.53. The second kappa shape index (κ2) is 9.85.